The lowest BCUT2D eigenvalue weighted by Crippen LogP contribution is -2.14. The first-order valence-corrected chi connectivity index (χ1v) is 5.65. The first-order chi connectivity index (χ1) is 7.27. The van der Waals surface area contributed by atoms with Crippen molar-refractivity contribution < 1.29 is 4.79 Å². The van der Waals surface area contributed by atoms with Crippen LogP contribution in [0, 0.1) is 5.92 Å². The molecule has 1 aliphatic carbocycles. The number of carbonyl (C=O) groups excluding carboxylic acids is 1. The summed E-state index contributed by atoms with van der Waals surface area (Å²) < 4.78 is 0. The summed E-state index contributed by atoms with van der Waals surface area (Å²) in [4.78, 5) is 11.2. The number of hydrogen-bond acceptors (Lipinski definition) is 1. The van der Waals surface area contributed by atoms with Crippen LogP contribution in [-0.2, 0) is 6.42 Å². The molecule has 2 nitrogen and oxygen atoms in total. The zero-order chi connectivity index (χ0) is 10.7. The molecule has 0 aromatic heterocycles. The standard InChI is InChI=1S/C13H17NO/c14-13(15)12-8-4-3-7-11(12)9-10-5-1-2-6-10/h3-4,7-8,10H,1-2,5-6,9H2,(H2,14,15). The molecule has 2 N–H and O–H groups in total. The number of rotatable bonds is 3. The number of amides is 1. The second kappa shape index (κ2) is 4.47. The monoisotopic (exact) mass is 203 g/mol. The van der Waals surface area contributed by atoms with E-state index in [1.807, 2.05) is 24.3 Å². The quantitative estimate of drug-likeness (QED) is 0.806. The maximum atomic E-state index is 11.2. The van der Waals surface area contributed by atoms with Crippen molar-refractivity contribution in [1.29, 1.82) is 0 Å². The van der Waals surface area contributed by atoms with Crippen molar-refractivity contribution in [3.05, 3.63) is 35.4 Å². The summed E-state index contributed by atoms with van der Waals surface area (Å²) >= 11 is 0. The molecule has 0 radical (unpaired) electrons. The second-order valence-electron chi connectivity index (χ2n) is 4.38. The summed E-state index contributed by atoms with van der Waals surface area (Å²) in [5.74, 6) is 0.453. The Morgan fingerprint density at radius 1 is 1.27 bits per heavy atom. The predicted molar refractivity (Wildman–Crippen MR) is 60.6 cm³/mol. The molecule has 0 spiro atoms. The van der Waals surface area contributed by atoms with Crippen LogP contribution in [0.3, 0.4) is 0 Å². The topological polar surface area (TPSA) is 43.1 Å². The summed E-state index contributed by atoms with van der Waals surface area (Å²) in [5, 5.41) is 0. The van der Waals surface area contributed by atoms with Crippen LogP contribution < -0.4 is 5.73 Å². The van der Waals surface area contributed by atoms with E-state index in [-0.39, 0.29) is 5.91 Å². The lowest BCUT2D eigenvalue weighted by atomic mass is 9.94. The molecular formula is C13H17NO. The van der Waals surface area contributed by atoms with Crippen molar-refractivity contribution in [2.24, 2.45) is 11.7 Å². The van der Waals surface area contributed by atoms with Gasteiger partial charge in [0.25, 0.3) is 0 Å². The van der Waals surface area contributed by atoms with E-state index in [2.05, 4.69) is 0 Å². The van der Waals surface area contributed by atoms with Gasteiger partial charge in [0.2, 0.25) is 5.91 Å². The summed E-state index contributed by atoms with van der Waals surface area (Å²) in [7, 11) is 0. The highest BCUT2D eigenvalue weighted by molar-refractivity contribution is 5.94. The number of benzene rings is 1. The van der Waals surface area contributed by atoms with Gasteiger partial charge in [-0.05, 0) is 24.0 Å². The Morgan fingerprint density at radius 2 is 1.93 bits per heavy atom. The van der Waals surface area contributed by atoms with Crippen molar-refractivity contribution in [3.8, 4) is 0 Å². The van der Waals surface area contributed by atoms with E-state index < -0.39 is 0 Å². The number of primary amides is 1. The van der Waals surface area contributed by atoms with Crippen LogP contribution in [0.15, 0.2) is 24.3 Å². The molecule has 2 rings (SSSR count). The number of hydrogen-bond donors (Lipinski definition) is 1. The molecule has 0 heterocycles. The molecule has 1 aromatic carbocycles. The Hall–Kier alpha value is -1.31. The Kier molecular flexibility index (Phi) is 3.05. The van der Waals surface area contributed by atoms with Crippen LogP contribution in [0.25, 0.3) is 0 Å². The van der Waals surface area contributed by atoms with E-state index in [0.29, 0.717) is 5.56 Å². The summed E-state index contributed by atoms with van der Waals surface area (Å²) in [6.07, 6.45) is 6.28. The van der Waals surface area contributed by atoms with Gasteiger partial charge in [-0.1, -0.05) is 43.9 Å². The molecule has 1 aliphatic rings. The van der Waals surface area contributed by atoms with Crippen LogP contribution in [0.4, 0.5) is 0 Å². The third-order valence-electron chi connectivity index (χ3n) is 3.27. The summed E-state index contributed by atoms with van der Waals surface area (Å²) in [6, 6.07) is 7.71. The van der Waals surface area contributed by atoms with Crippen LogP contribution in [0.1, 0.15) is 41.6 Å². The van der Waals surface area contributed by atoms with E-state index in [9.17, 15) is 4.79 Å². The largest absolute Gasteiger partial charge is 0.366 e. The highest BCUT2D eigenvalue weighted by Crippen LogP contribution is 2.28. The minimum absolute atomic E-state index is 0.302. The highest BCUT2D eigenvalue weighted by Gasteiger charge is 2.17. The predicted octanol–water partition coefficient (Wildman–Crippen LogP) is 2.52. The van der Waals surface area contributed by atoms with E-state index in [1.165, 1.54) is 25.7 Å². The molecule has 1 fully saturated rings. The van der Waals surface area contributed by atoms with Gasteiger partial charge in [0, 0.05) is 5.56 Å². The van der Waals surface area contributed by atoms with E-state index in [1.54, 1.807) is 0 Å². The molecule has 15 heavy (non-hydrogen) atoms. The average molecular weight is 203 g/mol. The van der Waals surface area contributed by atoms with Crippen molar-refractivity contribution in [1.82, 2.24) is 0 Å². The van der Waals surface area contributed by atoms with Gasteiger partial charge in [-0.25, -0.2) is 0 Å². The van der Waals surface area contributed by atoms with Crippen molar-refractivity contribution in [2.45, 2.75) is 32.1 Å². The van der Waals surface area contributed by atoms with E-state index in [4.69, 9.17) is 5.73 Å². The molecular weight excluding hydrogens is 186 g/mol. The minimum Gasteiger partial charge on any atom is -0.366 e. The van der Waals surface area contributed by atoms with Gasteiger partial charge in [-0.15, -0.1) is 0 Å². The first kappa shape index (κ1) is 10.2. The van der Waals surface area contributed by atoms with Gasteiger partial charge in [0.05, 0.1) is 0 Å². The van der Waals surface area contributed by atoms with Gasteiger partial charge in [0.1, 0.15) is 0 Å². The molecule has 2 heteroatoms. The van der Waals surface area contributed by atoms with Crippen molar-refractivity contribution >= 4 is 5.91 Å². The van der Waals surface area contributed by atoms with Crippen LogP contribution >= 0.6 is 0 Å². The van der Waals surface area contributed by atoms with Gasteiger partial charge in [-0.3, -0.25) is 4.79 Å². The molecule has 0 saturated heterocycles. The fourth-order valence-electron chi connectivity index (χ4n) is 2.46. The van der Waals surface area contributed by atoms with Crippen LogP contribution in [0.5, 0.6) is 0 Å². The fraction of sp³-hybridized carbons (Fsp3) is 0.462. The molecule has 0 bridgehead atoms. The maximum Gasteiger partial charge on any atom is 0.248 e. The number of carbonyl (C=O) groups is 1. The molecule has 0 unspecified atom stereocenters. The average Bonchev–Trinajstić information content (AvgIpc) is 2.71. The lowest BCUT2D eigenvalue weighted by molar-refractivity contribution is 0.0999. The van der Waals surface area contributed by atoms with Crippen LogP contribution in [0.2, 0.25) is 0 Å². The zero-order valence-electron chi connectivity index (χ0n) is 8.91. The smallest absolute Gasteiger partial charge is 0.248 e. The van der Waals surface area contributed by atoms with Crippen LogP contribution in [-0.4, -0.2) is 5.91 Å². The highest BCUT2D eigenvalue weighted by atomic mass is 16.1. The summed E-state index contributed by atoms with van der Waals surface area (Å²) in [5.41, 5.74) is 7.17. The lowest BCUT2D eigenvalue weighted by Gasteiger charge is -2.11. The summed E-state index contributed by atoms with van der Waals surface area (Å²) in [6.45, 7) is 0. The third kappa shape index (κ3) is 2.38. The van der Waals surface area contributed by atoms with Gasteiger partial charge >= 0.3 is 0 Å². The second-order valence-corrected chi connectivity index (χ2v) is 4.38. The molecule has 1 aromatic rings. The SMILES string of the molecule is NC(=O)c1ccccc1CC1CCCC1. The Labute approximate surface area is 90.5 Å². The molecule has 0 aliphatic heterocycles. The van der Waals surface area contributed by atoms with Gasteiger partial charge in [-0.2, -0.15) is 0 Å². The first-order valence-electron chi connectivity index (χ1n) is 5.65. The van der Waals surface area contributed by atoms with Crippen molar-refractivity contribution in [3.63, 3.8) is 0 Å². The minimum atomic E-state index is -0.302. The van der Waals surface area contributed by atoms with E-state index in [0.717, 1.165) is 17.9 Å². The molecule has 1 saturated carbocycles. The van der Waals surface area contributed by atoms with Gasteiger partial charge in [0.15, 0.2) is 0 Å². The third-order valence-corrected chi connectivity index (χ3v) is 3.27. The fourth-order valence-corrected chi connectivity index (χ4v) is 2.46. The van der Waals surface area contributed by atoms with Gasteiger partial charge < -0.3 is 5.73 Å². The Bertz CT molecular complexity index is 353. The molecule has 80 valence electrons. The van der Waals surface area contributed by atoms with E-state index >= 15 is 0 Å². The normalized spacial score (nSPS) is 16.8. The van der Waals surface area contributed by atoms with Crippen molar-refractivity contribution in [2.75, 3.05) is 0 Å². The molecule has 0 atom stereocenters. The Morgan fingerprint density at radius 3 is 2.60 bits per heavy atom. The maximum absolute atomic E-state index is 11.2. The zero-order valence-corrected chi connectivity index (χ0v) is 8.91. The molecule has 1 amide bonds. The Balaban J connectivity index is 2.15. The number of nitrogens with two attached hydrogens (primary N) is 1.